The molecule has 1 aromatic rings. The van der Waals surface area contributed by atoms with Crippen molar-refractivity contribution in [1.82, 2.24) is 9.62 Å². The minimum Gasteiger partial charge on any atom is -0.325 e. The molecule has 0 aromatic heterocycles. The van der Waals surface area contributed by atoms with Crippen LogP contribution in [0.1, 0.15) is 38.5 Å². The number of rotatable bonds is 6. The van der Waals surface area contributed by atoms with Gasteiger partial charge in [-0.25, -0.2) is 8.42 Å². The van der Waals surface area contributed by atoms with Gasteiger partial charge < -0.3 is 10.6 Å². The molecule has 24 heavy (non-hydrogen) atoms. The monoisotopic (exact) mass is 351 g/mol. The Labute approximate surface area is 143 Å². The predicted octanol–water partition coefficient (Wildman–Crippen LogP) is 1.94. The third-order valence-electron chi connectivity index (χ3n) is 4.75. The van der Waals surface area contributed by atoms with Crippen LogP contribution in [0.4, 0.5) is 5.69 Å². The van der Waals surface area contributed by atoms with Gasteiger partial charge in [0.25, 0.3) is 0 Å². The van der Waals surface area contributed by atoms with E-state index >= 15 is 0 Å². The number of carbonyl (C=O) groups excluding carboxylic acids is 1. The van der Waals surface area contributed by atoms with E-state index in [2.05, 4.69) is 10.6 Å². The van der Waals surface area contributed by atoms with Crippen LogP contribution in [0.15, 0.2) is 29.2 Å². The van der Waals surface area contributed by atoms with E-state index in [1.807, 2.05) is 0 Å². The average molecular weight is 351 g/mol. The van der Waals surface area contributed by atoms with Crippen LogP contribution in [0.25, 0.3) is 0 Å². The maximum Gasteiger partial charge on any atom is 0.243 e. The Morgan fingerprint density at radius 1 is 1.04 bits per heavy atom. The SMILES string of the molecule is O=C(CNC1CCCC1)Nc1ccc(S(=O)(=O)N2CCCC2)cc1. The lowest BCUT2D eigenvalue weighted by molar-refractivity contribution is -0.115. The lowest BCUT2D eigenvalue weighted by Gasteiger charge is -2.16. The topological polar surface area (TPSA) is 78.5 Å². The number of sulfonamides is 1. The fraction of sp³-hybridized carbons (Fsp3) is 0.588. The maximum absolute atomic E-state index is 12.4. The molecular weight excluding hydrogens is 326 g/mol. The Morgan fingerprint density at radius 3 is 2.29 bits per heavy atom. The highest BCUT2D eigenvalue weighted by atomic mass is 32.2. The third kappa shape index (κ3) is 4.15. The Hall–Kier alpha value is -1.44. The summed E-state index contributed by atoms with van der Waals surface area (Å²) in [5, 5.41) is 6.06. The molecule has 132 valence electrons. The number of nitrogens with zero attached hydrogens (tertiary/aromatic N) is 1. The molecule has 1 aliphatic carbocycles. The lowest BCUT2D eigenvalue weighted by atomic mass is 10.2. The van der Waals surface area contributed by atoms with Crippen molar-refractivity contribution in [3.8, 4) is 0 Å². The molecule has 1 aliphatic heterocycles. The van der Waals surface area contributed by atoms with Gasteiger partial charge in [-0.3, -0.25) is 4.79 Å². The van der Waals surface area contributed by atoms with E-state index in [0.717, 1.165) is 25.7 Å². The van der Waals surface area contributed by atoms with E-state index < -0.39 is 10.0 Å². The lowest BCUT2D eigenvalue weighted by Crippen LogP contribution is -2.34. The first-order valence-corrected chi connectivity index (χ1v) is 10.1. The predicted molar refractivity (Wildman–Crippen MR) is 93.3 cm³/mol. The summed E-state index contributed by atoms with van der Waals surface area (Å²) in [6.45, 7) is 1.47. The Balaban J connectivity index is 1.55. The van der Waals surface area contributed by atoms with E-state index in [9.17, 15) is 13.2 Å². The summed E-state index contributed by atoms with van der Waals surface area (Å²) >= 11 is 0. The standard InChI is InChI=1S/C17H25N3O3S/c21-17(13-18-14-5-1-2-6-14)19-15-7-9-16(10-8-15)24(22,23)20-11-3-4-12-20/h7-10,14,18H,1-6,11-13H2,(H,19,21). The molecule has 1 aromatic carbocycles. The second-order valence-corrected chi connectivity index (χ2v) is 8.48. The van der Waals surface area contributed by atoms with Crippen molar-refractivity contribution in [3.05, 3.63) is 24.3 Å². The van der Waals surface area contributed by atoms with E-state index in [-0.39, 0.29) is 10.8 Å². The molecule has 2 aliphatic rings. The van der Waals surface area contributed by atoms with Gasteiger partial charge in [-0.1, -0.05) is 12.8 Å². The molecule has 2 fully saturated rings. The molecule has 0 atom stereocenters. The van der Waals surface area contributed by atoms with Crippen molar-refractivity contribution in [2.24, 2.45) is 0 Å². The highest BCUT2D eigenvalue weighted by Gasteiger charge is 2.26. The fourth-order valence-corrected chi connectivity index (χ4v) is 4.88. The van der Waals surface area contributed by atoms with Crippen molar-refractivity contribution in [2.75, 3.05) is 25.0 Å². The Kier molecular flexibility index (Phi) is 5.53. The van der Waals surface area contributed by atoms with Gasteiger partial charge in [0.2, 0.25) is 15.9 Å². The quantitative estimate of drug-likeness (QED) is 0.821. The smallest absolute Gasteiger partial charge is 0.243 e. The first-order valence-electron chi connectivity index (χ1n) is 8.69. The van der Waals surface area contributed by atoms with Gasteiger partial charge in [0.05, 0.1) is 11.4 Å². The van der Waals surface area contributed by atoms with E-state index in [4.69, 9.17) is 0 Å². The molecule has 1 saturated heterocycles. The van der Waals surface area contributed by atoms with Crippen molar-refractivity contribution in [3.63, 3.8) is 0 Å². The molecule has 0 spiro atoms. The zero-order valence-corrected chi connectivity index (χ0v) is 14.6. The molecule has 1 saturated carbocycles. The fourth-order valence-electron chi connectivity index (χ4n) is 3.36. The number of benzene rings is 1. The second kappa shape index (κ2) is 7.63. The summed E-state index contributed by atoms with van der Waals surface area (Å²) in [5.41, 5.74) is 0.619. The molecule has 0 unspecified atom stereocenters. The number of hydrogen-bond donors (Lipinski definition) is 2. The Morgan fingerprint density at radius 2 is 1.67 bits per heavy atom. The number of carbonyl (C=O) groups is 1. The highest BCUT2D eigenvalue weighted by Crippen LogP contribution is 2.22. The number of nitrogens with one attached hydrogen (secondary N) is 2. The largest absolute Gasteiger partial charge is 0.325 e. The normalized spacial score (nSPS) is 19.7. The zero-order chi connectivity index (χ0) is 17.0. The second-order valence-electron chi connectivity index (χ2n) is 6.55. The Bertz CT molecular complexity index is 661. The maximum atomic E-state index is 12.4. The third-order valence-corrected chi connectivity index (χ3v) is 6.66. The van der Waals surface area contributed by atoms with Crippen LogP contribution in [-0.2, 0) is 14.8 Å². The number of hydrogen-bond acceptors (Lipinski definition) is 4. The van der Waals surface area contributed by atoms with Gasteiger partial charge in [-0.15, -0.1) is 0 Å². The zero-order valence-electron chi connectivity index (χ0n) is 13.8. The summed E-state index contributed by atoms with van der Waals surface area (Å²) in [4.78, 5) is 12.2. The summed E-state index contributed by atoms with van der Waals surface area (Å²) in [6.07, 6.45) is 6.56. The van der Waals surface area contributed by atoms with Crippen LogP contribution >= 0.6 is 0 Å². The van der Waals surface area contributed by atoms with Gasteiger partial charge in [0.15, 0.2) is 0 Å². The molecule has 0 bridgehead atoms. The highest BCUT2D eigenvalue weighted by molar-refractivity contribution is 7.89. The van der Waals surface area contributed by atoms with Gasteiger partial charge in [-0.2, -0.15) is 4.31 Å². The molecule has 2 N–H and O–H groups in total. The average Bonchev–Trinajstić information content (AvgIpc) is 3.27. The van der Waals surface area contributed by atoms with E-state index in [1.54, 1.807) is 24.3 Å². The molecule has 0 radical (unpaired) electrons. The van der Waals surface area contributed by atoms with Crippen LogP contribution in [-0.4, -0.2) is 44.3 Å². The number of amides is 1. The molecule has 3 rings (SSSR count). The molecule has 1 amide bonds. The van der Waals surface area contributed by atoms with Crippen LogP contribution in [0, 0.1) is 0 Å². The summed E-state index contributed by atoms with van der Waals surface area (Å²) in [7, 11) is -3.40. The van der Waals surface area contributed by atoms with Crippen LogP contribution in [0.3, 0.4) is 0 Å². The first-order chi connectivity index (χ1) is 11.6. The minimum absolute atomic E-state index is 0.1000. The van der Waals surface area contributed by atoms with Gasteiger partial charge >= 0.3 is 0 Å². The minimum atomic E-state index is -3.40. The first kappa shape index (κ1) is 17.4. The van der Waals surface area contributed by atoms with Gasteiger partial charge in [-0.05, 0) is 49.9 Å². The van der Waals surface area contributed by atoms with Crippen molar-refractivity contribution in [2.45, 2.75) is 49.5 Å². The van der Waals surface area contributed by atoms with Crippen molar-refractivity contribution < 1.29 is 13.2 Å². The van der Waals surface area contributed by atoms with Gasteiger partial charge in [0, 0.05) is 24.8 Å². The van der Waals surface area contributed by atoms with Crippen LogP contribution in [0.5, 0.6) is 0 Å². The summed E-state index contributed by atoms with van der Waals surface area (Å²) < 4.78 is 26.4. The summed E-state index contributed by atoms with van der Waals surface area (Å²) in [6, 6.07) is 6.87. The number of anilines is 1. The van der Waals surface area contributed by atoms with Crippen LogP contribution < -0.4 is 10.6 Å². The molecule has 6 nitrogen and oxygen atoms in total. The summed E-state index contributed by atoms with van der Waals surface area (Å²) in [5.74, 6) is -0.1000. The van der Waals surface area contributed by atoms with E-state index in [1.165, 1.54) is 17.1 Å². The van der Waals surface area contributed by atoms with E-state index in [0.29, 0.717) is 31.4 Å². The van der Waals surface area contributed by atoms with Crippen molar-refractivity contribution >= 4 is 21.6 Å². The van der Waals surface area contributed by atoms with Gasteiger partial charge in [0.1, 0.15) is 0 Å². The van der Waals surface area contributed by atoms with Crippen LogP contribution in [0.2, 0.25) is 0 Å². The molecule has 1 heterocycles. The molecule has 7 heteroatoms. The van der Waals surface area contributed by atoms with Crippen molar-refractivity contribution in [1.29, 1.82) is 0 Å². The molecular formula is C17H25N3O3S.